The average molecular weight is 338 g/mol. The van der Waals surface area contributed by atoms with Gasteiger partial charge in [-0.2, -0.15) is 0 Å². The Morgan fingerprint density at radius 1 is 1.12 bits per heavy atom. The molecule has 0 aliphatic carbocycles. The van der Waals surface area contributed by atoms with Crippen LogP contribution in [0.1, 0.15) is 30.9 Å². The lowest BCUT2D eigenvalue weighted by Gasteiger charge is -2.40. The summed E-state index contributed by atoms with van der Waals surface area (Å²) in [5, 5.41) is 0. The minimum atomic E-state index is 0.0641. The van der Waals surface area contributed by atoms with Crippen molar-refractivity contribution in [2.45, 2.75) is 32.7 Å². The molecular formula is C20H22N2O3. The number of pyridine rings is 1. The number of benzene rings is 1. The second kappa shape index (κ2) is 6.39. The van der Waals surface area contributed by atoms with E-state index in [-0.39, 0.29) is 11.3 Å². The van der Waals surface area contributed by atoms with Crippen LogP contribution in [0.3, 0.4) is 0 Å². The topological polar surface area (TPSA) is 51.7 Å². The number of rotatable bonds is 4. The molecule has 1 saturated heterocycles. The Labute approximate surface area is 147 Å². The summed E-state index contributed by atoms with van der Waals surface area (Å²) in [7, 11) is 0. The lowest BCUT2D eigenvalue weighted by Crippen LogP contribution is -2.45. The van der Waals surface area contributed by atoms with Crippen LogP contribution in [0.4, 0.5) is 0 Å². The fourth-order valence-electron chi connectivity index (χ4n) is 3.74. The molecule has 0 N–H and O–H groups in total. The average Bonchev–Trinajstić information content (AvgIpc) is 3.07. The number of carbonyl (C=O) groups is 1. The third kappa shape index (κ3) is 3.45. The van der Waals surface area contributed by atoms with Crippen LogP contribution in [0.2, 0.25) is 0 Å². The SMILES string of the molecule is C[C@]1(Cc2ccc3c(c2)OCO3)CCC(=O)N(Cc2ccncc2)C1. The number of ether oxygens (including phenoxy) is 2. The van der Waals surface area contributed by atoms with Gasteiger partial charge in [-0.15, -0.1) is 0 Å². The number of hydrogen-bond donors (Lipinski definition) is 0. The molecule has 130 valence electrons. The number of carbonyl (C=O) groups excluding carboxylic acids is 1. The first-order valence-corrected chi connectivity index (χ1v) is 8.67. The highest BCUT2D eigenvalue weighted by Gasteiger charge is 2.35. The molecule has 1 atom stereocenters. The summed E-state index contributed by atoms with van der Waals surface area (Å²) in [6.07, 6.45) is 5.98. The van der Waals surface area contributed by atoms with Gasteiger partial charge < -0.3 is 14.4 Å². The molecule has 5 heteroatoms. The lowest BCUT2D eigenvalue weighted by atomic mass is 9.76. The number of hydrogen-bond acceptors (Lipinski definition) is 4. The van der Waals surface area contributed by atoms with Gasteiger partial charge in [0.25, 0.3) is 0 Å². The van der Waals surface area contributed by atoms with Crippen molar-refractivity contribution in [2.24, 2.45) is 5.41 Å². The van der Waals surface area contributed by atoms with Gasteiger partial charge in [-0.25, -0.2) is 0 Å². The standard InChI is InChI=1S/C20H22N2O3/c1-20(11-16-2-3-17-18(10-16)25-14-24-17)7-4-19(23)22(13-20)12-15-5-8-21-9-6-15/h2-3,5-6,8-10H,4,7,11-14H2,1H3/t20-/m1/s1. The highest BCUT2D eigenvalue weighted by molar-refractivity contribution is 5.77. The van der Waals surface area contributed by atoms with E-state index >= 15 is 0 Å². The number of aromatic nitrogens is 1. The van der Waals surface area contributed by atoms with Gasteiger partial charge in [0.15, 0.2) is 11.5 Å². The van der Waals surface area contributed by atoms with Crippen molar-refractivity contribution in [1.29, 1.82) is 0 Å². The number of fused-ring (bicyclic) bond motifs is 1. The van der Waals surface area contributed by atoms with Crippen LogP contribution >= 0.6 is 0 Å². The number of amides is 1. The zero-order valence-corrected chi connectivity index (χ0v) is 14.4. The van der Waals surface area contributed by atoms with Crippen molar-refractivity contribution < 1.29 is 14.3 Å². The van der Waals surface area contributed by atoms with Crippen molar-refractivity contribution in [3.05, 3.63) is 53.9 Å². The molecule has 0 spiro atoms. The molecule has 4 rings (SSSR count). The van der Waals surface area contributed by atoms with Crippen LogP contribution in [0.5, 0.6) is 11.5 Å². The fourth-order valence-corrected chi connectivity index (χ4v) is 3.74. The Morgan fingerprint density at radius 3 is 2.76 bits per heavy atom. The number of nitrogens with zero attached hydrogens (tertiary/aromatic N) is 2. The van der Waals surface area contributed by atoms with Gasteiger partial charge in [0.1, 0.15) is 0 Å². The van der Waals surface area contributed by atoms with E-state index in [2.05, 4.69) is 24.0 Å². The maximum Gasteiger partial charge on any atom is 0.231 e. The summed E-state index contributed by atoms with van der Waals surface area (Å²) < 4.78 is 10.9. The maximum absolute atomic E-state index is 12.4. The summed E-state index contributed by atoms with van der Waals surface area (Å²) >= 11 is 0. The highest BCUT2D eigenvalue weighted by atomic mass is 16.7. The second-order valence-corrected chi connectivity index (χ2v) is 7.28. The van der Waals surface area contributed by atoms with Crippen molar-refractivity contribution in [1.82, 2.24) is 9.88 Å². The number of piperidine rings is 1. The molecule has 5 nitrogen and oxygen atoms in total. The molecule has 2 aliphatic heterocycles. The molecule has 0 bridgehead atoms. The van der Waals surface area contributed by atoms with Gasteiger partial charge in [0.05, 0.1) is 0 Å². The smallest absolute Gasteiger partial charge is 0.231 e. The Balaban J connectivity index is 1.48. The molecule has 0 saturated carbocycles. The second-order valence-electron chi connectivity index (χ2n) is 7.28. The van der Waals surface area contributed by atoms with Crippen molar-refractivity contribution in [3.63, 3.8) is 0 Å². The number of likely N-dealkylation sites (tertiary alicyclic amines) is 1. The first kappa shape index (κ1) is 15.9. The molecule has 1 aromatic heterocycles. The van der Waals surface area contributed by atoms with Crippen molar-refractivity contribution >= 4 is 5.91 Å². The molecule has 3 heterocycles. The predicted octanol–water partition coefficient (Wildman–Crippen LogP) is 3.18. The Hall–Kier alpha value is -2.56. The highest BCUT2D eigenvalue weighted by Crippen LogP contribution is 2.38. The molecule has 1 fully saturated rings. The quantitative estimate of drug-likeness (QED) is 0.859. The van der Waals surface area contributed by atoms with Crippen LogP contribution in [0, 0.1) is 5.41 Å². The van der Waals surface area contributed by atoms with Gasteiger partial charge >= 0.3 is 0 Å². The van der Waals surface area contributed by atoms with Crippen molar-refractivity contribution in [3.8, 4) is 11.5 Å². The fraction of sp³-hybridized carbons (Fsp3) is 0.400. The third-order valence-corrected chi connectivity index (χ3v) is 5.06. The summed E-state index contributed by atoms with van der Waals surface area (Å²) in [6.45, 7) is 3.98. The summed E-state index contributed by atoms with van der Waals surface area (Å²) in [6, 6.07) is 10.1. The molecule has 1 aromatic carbocycles. The van der Waals surface area contributed by atoms with Crippen molar-refractivity contribution in [2.75, 3.05) is 13.3 Å². The van der Waals surface area contributed by atoms with E-state index in [4.69, 9.17) is 9.47 Å². The zero-order chi connectivity index (χ0) is 17.3. The van der Waals surface area contributed by atoms with E-state index in [9.17, 15) is 4.79 Å². The predicted molar refractivity (Wildman–Crippen MR) is 93.3 cm³/mol. The van der Waals surface area contributed by atoms with E-state index in [0.29, 0.717) is 19.8 Å². The normalized spacial score (nSPS) is 22.3. The minimum Gasteiger partial charge on any atom is -0.454 e. The van der Waals surface area contributed by atoms with E-state index in [1.165, 1.54) is 5.56 Å². The third-order valence-electron chi connectivity index (χ3n) is 5.06. The molecule has 0 radical (unpaired) electrons. The lowest BCUT2D eigenvalue weighted by molar-refractivity contribution is -0.137. The van der Waals surface area contributed by atoms with Crippen LogP contribution in [-0.4, -0.2) is 29.1 Å². The first-order chi connectivity index (χ1) is 12.1. The van der Waals surface area contributed by atoms with Gasteiger partial charge in [0.2, 0.25) is 12.7 Å². The summed E-state index contributed by atoms with van der Waals surface area (Å²) in [5.74, 6) is 1.87. The molecule has 0 unspecified atom stereocenters. The summed E-state index contributed by atoms with van der Waals surface area (Å²) in [5.41, 5.74) is 2.41. The largest absolute Gasteiger partial charge is 0.454 e. The molecular weight excluding hydrogens is 316 g/mol. The van der Waals surface area contributed by atoms with Gasteiger partial charge in [-0.1, -0.05) is 13.0 Å². The Morgan fingerprint density at radius 2 is 1.92 bits per heavy atom. The van der Waals surface area contributed by atoms with Crippen LogP contribution < -0.4 is 9.47 Å². The van der Waals surface area contributed by atoms with Crippen LogP contribution in [0.15, 0.2) is 42.7 Å². The Bertz CT molecular complexity index is 778. The molecule has 1 amide bonds. The molecule has 25 heavy (non-hydrogen) atoms. The zero-order valence-electron chi connectivity index (χ0n) is 14.4. The minimum absolute atomic E-state index is 0.0641. The Kier molecular flexibility index (Phi) is 4.07. The van der Waals surface area contributed by atoms with E-state index in [0.717, 1.165) is 36.4 Å². The van der Waals surface area contributed by atoms with Crippen LogP contribution in [-0.2, 0) is 17.8 Å². The monoisotopic (exact) mass is 338 g/mol. The van der Waals surface area contributed by atoms with Gasteiger partial charge in [-0.3, -0.25) is 9.78 Å². The van der Waals surface area contributed by atoms with Crippen LogP contribution in [0.25, 0.3) is 0 Å². The maximum atomic E-state index is 12.4. The van der Waals surface area contributed by atoms with E-state index in [1.54, 1.807) is 12.4 Å². The van der Waals surface area contributed by atoms with E-state index < -0.39 is 0 Å². The molecule has 2 aliphatic rings. The van der Waals surface area contributed by atoms with E-state index in [1.807, 2.05) is 23.1 Å². The molecule has 2 aromatic rings. The first-order valence-electron chi connectivity index (χ1n) is 8.67. The van der Waals surface area contributed by atoms with Gasteiger partial charge in [0, 0.05) is 31.9 Å². The summed E-state index contributed by atoms with van der Waals surface area (Å²) in [4.78, 5) is 18.4. The van der Waals surface area contributed by atoms with Gasteiger partial charge in [-0.05, 0) is 53.6 Å².